The third-order valence-corrected chi connectivity index (χ3v) is 7.53. The number of piperidine rings is 1. The fraction of sp³-hybridized carbons (Fsp3) is 0.682. The molecule has 168 valence electrons. The van der Waals surface area contributed by atoms with Crippen molar-refractivity contribution in [3.05, 3.63) is 18.6 Å². The first-order valence-electron chi connectivity index (χ1n) is 11.5. The van der Waals surface area contributed by atoms with E-state index in [1.54, 1.807) is 6.33 Å². The Kier molecular flexibility index (Phi) is 5.81. The minimum atomic E-state index is -0.455. The summed E-state index contributed by atoms with van der Waals surface area (Å²) >= 11 is 0. The number of anilines is 1. The summed E-state index contributed by atoms with van der Waals surface area (Å²) in [6, 6.07) is 2.53. The van der Waals surface area contributed by atoms with Gasteiger partial charge in [0.25, 0.3) is 0 Å². The number of nitrogens with one attached hydrogen (secondary N) is 2. The summed E-state index contributed by atoms with van der Waals surface area (Å²) in [5.41, 5.74) is 0.367. The number of hydrogen-bond donors (Lipinski definition) is 3. The molecule has 0 unspecified atom stereocenters. The van der Waals surface area contributed by atoms with Crippen LogP contribution in [0.5, 0.6) is 0 Å². The fourth-order valence-electron chi connectivity index (χ4n) is 5.92. The predicted octanol–water partition coefficient (Wildman–Crippen LogP) is 0.764. The zero-order valence-corrected chi connectivity index (χ0v) is 17.9. The number of H-pyrrole nitrogens is 1. The minimum absolute atomic E-state index is 0.0392. The molecule has 0 bridgehead atoms. The highest BCUT2D eigenvalue weighted by Crippen LogP contribution is 2.48. The van der Waals surface area contributed by atoms with Gasteiger partial charge >= 0.3 is 0 Å². The Bertz CT molecular complexity index is 914. The molecule has 0 radical (unpaired) electrons. The number of amides is 1. The van der Waals surface area contributed by atoms with E-state index in [1.165, 1.54) is 0 Å². The molecule has 3 fully saturated rings. The van der Waals surface area contributed by atoms with E-state index in [-0.39, 0.29) is 12.5 Å². The molecular formula is C22H32N6O3. The summed E-state index contributed by atoms with van der Waals surface area (Å²) in [7, 11) is 0. The number of morpholine rings is 1. The molecule has 5 rings (SSSR count). The van der Waals surface area contributed by atoms with Crippen molar-refractivity contribution >= 4 is 22.8 Å². The third kappa shape index (κ3) is 3.79. The topological polar surface area (TPSA) is 107 Å². The van der Waals surface area contributed by atoms with E-state index in [9.17, 15) is 9.90 Å². The van der Waals surface area contributed by atoms with Crippen molar-refractivity contribution in [1.29, 1.82) is 0 Å². The molecular weight excluding hydrogens is 396 g/mol. The highest BCUT2D eigenvalue weighted by Gasteiger charge is 2.52. The number of aliphatic hydroxyl groups is 1. The summed E-state index contributed by atoms with van der Waals surface area (Å²) in [4.78, 5) is 30.3. The van der Waals surface area contributed by atoms with Crippen molar-refractivity contribution < 1.29 is 14.6 Å². The highest BCUT2D eigenvalue weighted by molar-refractivity contribution is 5.89. The smallest absolute Gasteiger partial charge is 0.228 e. The van der Waals surface area contributed by atoms with E-state index in [1.807, 2.05) is 12.3 Å². The second-order valence-electron chi connectivity index (χ2n) is 9.06. The Morgan fingerprint density at radius 3 is 3.00 bits per heavy atom. The fourth-order valence-corrected chi connectivity index (χ4v) is 5.92. The lowest BCUT2D eigenvalue weighted by atomic mass is 9.61. The summed E-state index contributed by atoms with van der Waals surface area (Å²) in [6.45, 7) is 5.38. The quantitative estimate of drug-likeness (QED) is 0.646. The van der Waals surface area contributed by atoms with Crippen LogP contribution in [0.3, 0.4) is 0 Å². The van der Waals surface area contributed by atoms with Gasteiger partial charge in [0.05, 0.1) is 30.6 Å². The largest absolute Gasteiger partial charge is 0.395 e. The number of aromatic amines is 1. The summed E-state index contributed by atoms with van der Waals surface area (Å²) in [5.74, 6) is 1.30. The molecule has 2 saturated heterocycles. The van der Waals surface area contributed by atoms with Gasteiger partial charge in [-0.25, -0.2) is 9.97 Å². The van der Waals surface area contributed by atoms with Crippen molar-refractivity contribution in [3.63, 3.8) is 0 Å². The molecule has 1 aliphatic carbocycles. The molecule has 2 aromatic rings. The monoisotopic (exact) mass is 428 g/mol. The van der Waals surface area contributed by atoms with Crippen LogP contribution in [0.1, 0.15) is 25.7 Å². The lowest BCUT2D eigenvalue weighted by Crippen LogP contribution is -2.61. The molecule has 4 heterocycles. The molecule has 3 aliphatic rings. The van der Waals surface area contributed by atoms with E-state index in [4.69, 9.17) is 4.74 Å². The molecule has 9 heteroatoms. The van der Waals surface area contributed by atoms with E-state index >= 15 is 0 Å². The first kappa shape index (κ1) is 20.7. The number of aromatic nitrogens is 3. The van der Waals surface area contributed by atoms with Crippen molar-refractivity contribution in [2.45, 2.75) is 31.7 Å². The van der Waals surface area contributed by atoms with E-state index in [0.29, 0.717) is 25.0 Å². The standard InChI is InChI=1S/C22H32N6O3/c29-10-6-24-21(30)22-4-1-17(27-8-11-31-12-9-27)13-16(22)3-7-28(14-22)20-18-2-5-23-19(18)25-15-26-20/h2,5,15-17,29H,1,3-4,6-14H2,(H,24,30)(H,23,25,26)/t16-,17-,22-/m1/s1. The number of nitrogens with zero attached hydrogens (tertiary/aromatic N) is 4. The van der Waals surface area contributed by atoms with Crippen LogP contribution in [0.2, 0.25) is 0 Å². The van der Waals surface area contributed by atoms with Crippen LogP contribution >= 0.6 is 0 Å². The number of carbonyl (C=O) groups excluding carboxylic acids is 1. The molecule has 1 saturated carbocycles. The van der Waals surface area contributed by atoms with Crippen LogP contribution in [-0.2, 0) is 9.53 Å². The van der Waals surface area contributed by atoms with Gasteiger partial charge in [-0.05, 0) is 37.7 Å². The Hall–Kier alpha value is -2.23. The zero-order valence-electron chi connectivity index (χ0n) is 17.9. The molecule has 31 heavy (non-hydrogen) atoms. The van der Waals surface area contributed by atoms with Gasteiger partial charge in [-0.1, -0.05) is 0 Å². The zero-order chi connectivity index (χ0) is 21.3. The van der Waals surface area contributed by atoms with Gasteiger partial charge in [-0.15, -0.1) is 0 Å². The van der Waals surface area contributed by atoms with Crippen LogP contribution in [-0.4, -0.2) is 89.5 Å². The molecule has 3 atom stereocenters. The maximum absolute atomic E-state index is 13.5. The maximum atomic E-state index is 13.5. The molecule has 9 nitrogen and oxygen atoms in total. The van der Waals surface area contributed by atoms with Crippen molar-refractivity contribution in [2.24, 2.45) is 11.3 Å². The second kappa shape index (κ2) is 8.72. The van der Waals surface area contributed by atoms with Crippen molar-refractivity contribution in [2.75, 3.05) is 57.4 Å². The first-order chi connectivity index (χ1) is 15.2. The summed E-state index contributed by atoms with van der Waals surface area (Å²) < 4.78 is 5.54. The Labute approximate surface area is 182 Å². The highest BCUT2D eigenvalue weighted by atomic mass is 16.5. The molecule has 0 aromatic carbocycles. The van der Waals surface area contributed by atoms with Gasteiger partial charge < -0.3 is 25.0 Å². The molecule has 1 amide bonds. The number of ether oxygens (including phenoxy) is 1. The molecule has 2 aliphatic heterocycles. The summed E-state index contributed by atoms with van der Waals surface area (Å²) in [6.07, 6.45) is 7.35. The van der Waals surface area contributed by atoms with Gasteiger partial charge in [0.15, 0.2) is 0 Å². The molecule has 2 aromatic heterocycles. The molecule has 3 N–H and O–H groups in total. The van der Waals surface area contributed by atoms with E-state index in [0.717, 1.165) is 75.4 Å². The van der Waals surface area contributed by atoms with Gasteiger partial charge in [0, 0.05) is 45.0 Å². The second-order valence-corrected chi connectivity index (χ2v) is 9.06. The van der Waals surface area contributed by atoms with E-state index < -0.39 is 5.41 Å². The SMILES string of the molecule is O=C(NCCO)[C@@]12CC[C@@H](N3CCOCC3)C[C@H]1CCN(c1ncnc3[nH]ccc13)C2. The number of rotatable bonds is 5. The Morgan fingerprint density at radius 1 is 1.29 bits per heavy atom. The van der Waals surface area contributed by atoms with Gasteiger partial charge in [0.1, 0.15) is 17.8 Å². The number of hydrogen-bond acceptors (Lipinski definition) is 7. The van der Waals surface area contributed by atoms with Crippen molar-refractivity contribution in [3.8, 4) is 0 Å². The minimum Gasteiger partial charge on any atom is -0.395 e. The normalized spacial score (nSPS) is 29.6. The maximum Gasteiger partial charge on any atom is 0.228 e. The summed E-state index contributed by atoms with van der Waals surface area (Å²) in [5, 5.41) is 13.3. The van der Waals surface area contributed by atoms with Crippen molar-refractivity contribution in [1.82, 2.24) is 25.2 Å². The average molecular weight is 429 g/mol. The number of carbonyl (C=O) groups is 1. The van der Waals surface area contributed by atoms with Crippen LogP contribution < -0.4 is 10.2 Å². The molecule has 0 spiro atoms. The van der Waals surface area contributed by atoms with E-state index in [2.05, 4.69) is 30.1 Å². The van der Waals surface area contributed by atoms with Crippen LogP contribution in [0.4, 0.5) is 5.82 Å². The average Bonchev–Trinajstić information content (AvgIpc) is 3.31. The van der Waals surface area contributed by atoms with Crippen LogP contribution in [0.25, 0.3) is 11.0 Å². The predicted molar refractivity (Wildman–Crippen MR) is 117 cm³/mol. The Morgan fingerprint density at radius 2 is 2.16 bits per heavy atom. The van der Waals surface area contributed by atoms with Crippen LogP contribution in [0, 0.1) is 11.3 Å². The lowest BCUT2D eigenvalue weighted by Gasteiger charge is -2.53. The van der Waals surface area contributed by atoms with Gasteiger partial charge in [0.2, 0.25) is 5.91 Å². The van der Waals surface area contributed by atoms with Crippen LogP contribution in [0.15, 0.2) is 18.6 Å². The number of aliphatic hydroxyl groups excluding tert-OH is 1. The number of fused-ring (bicyclic) bond motifs is 2. The first-order valence-corrected chi connectivity index (χ1v) is 11.5. The van der Waals surface area contributed by atoms with Gasteiger partial charge in [-0.3, -0.25) is 9.69 Å². The van der Waals surface area contributed by atoms with Gasteiger partial charge in [-0.2, -0.15) is 0 Å². The Balaban J connectivity index is 1.41. The third-order valence-electron chi connectivity index (χ3n) is 7.53. The lowest BCUT2D eigenvalue weighted by molar-refractivity contribution is -0.139.